The van der Waals surface area contributed by atoms with Gasteiger partial charge >= 0.3 is 0 Å². The van der Waals surface area contributed by atoms with E-state index < -0.39 is 5.54 Å². The molecule has 3 N–H and O–H groups in total. The molecule has 5 rings (SSSR count). The van der Waals surface area contributed by atoms with E-state index in [1.807, 2.05) is 30.3 Å². The SMILES string of the molecule is CNc1cnc2[nH]cc(C(=O)c3ccc(Oc4ccccc4)cc3Cl)c2c1NC1(C=O)CCCN(C#N)C1. The van der Waals surface area contributed by atoms with Crippen LogP contribution in [-0.2, 0) is 4.79 Å². The van der Waals surface area contributed by atoms with E-state index in [1.165, 1.54) is 0 Å². The average Bonchev–Trinajstić information content (AvgIpc) is 3.38. The molecule has 1 unspecified atom stereocenters. The lowest BCUT2D eigenvalue weighted by Crippen LogP contribution is -2.53. The minimum Gasteiger partial charge on any atom is -0.457 e. The van der Waals surface area contributed by atoms with Crippen LogP contribution in [0.25, 0.3) is 11.0 Å². The highest BCUT2D eigenvalue weighted by molar-refractivity contribution is 6.36. The van der Waals surface area contributed by atoms with Gasteiger partial charge in [-0.2, -0.15) is 5.26 Å². The van der Waals surface area contributed by atoms with Gasteiger partial charge in [-0.05, 0) is 37.1 Å². The van der Waals surface area contributed by atoms with Gasteiger partial charge in [0.05, 0.1) is 40.1 Å². The number of likely N-dealkylation sites (tertiary alicyclic amines) is 1. The molecule has 1 aliphatic heterocycles. The van der Waals surface area contributed by atoms with Gasteiger partial charge in [0.2, 0.25) is 0 Å². The highest BCUT2D eigenvalue weighted by Crippen LogP contribution is 2.38. The number of nitrogens with zero attached hydrogens (tertiary/aromatic N) is 3. The Morgan fingerprint density at radius 2 is 2.05 bits per heavy atom. The van der Waals surface area contributed by atoms with E-state index in [1.54, 1.807) is 42.5 Å². The maximum Gasteiger partial charge on any atom is 0.196 e. The van der Waals surface area contributed by atoms with Crippen LogP contribution in [0.5, 0.6) is 11.5 Å². The van der Waals surface area contributed by atoms with Gasteiger partial charge in [-0.25, -0.2) is 4.98 Å². The maximum atomic E-state index is 13.8. The number of benzene rings is 2. The first-order chi connectivity index (χ1) is 18.5. The Kier molecular flexibility index (Phi) is 6.90. The van der Waals surface area contributed by atoms with Crippen LogP contribution in [-0.4, -0.2) is 52.6 Å². The standard InChI is InChI=1S/C28H25ClN6O3/c1-31-23-14-33-27-24(25(23)34-28(16-36)10-5-11-35(15-28)17-30)21(13-32-27)26(37)20-9-8-19(12-22(20)29)38-18-6-3-2-4-7-18/h2-4,6-9,12-14,16,31H,5,10-11,15H2,1H3,(H2,32,33,34). The van der Waals surface area contributed by atoms with Crippen LogP contribution in [0.3, 0.4) is 0 Å². The van der Waals surface area contributed by atoms with Crippen LogP contribution in [0.1, 0.15) is 28.8 Å². The molecule has 9 nitrogen and oxygen atoms in total. The van der Waals surface area contributed by atoms with Crippen LogP contribution in [0.4, 0.5) is 11.4 Å². The number of hydrogen-bond donors (Lipinski definition) is 3. The number of H-pyrrole nitrogens is 1. The quantitative estimate of drug-likeness (QED) is 0.162. The molecule has 1 saturated heterocycles. The summed E-state index contributed by atoms with van der Waals surface area (Å²) in [5.41, 5.74) is 1.28. The zero-order valence-electron chi connectivity index (χ0n) is 20.6. The minimum absolute atomic E-state index is 0.225. The van der Waals surface area contributed by atoms with Gasteiger partial charge in [0, 0.05) is 31.4 Å². The van der Waals surface area contributed by atoms with Gasteiger partial charge < -0.3 is 30.0 Å². The van der Waals surface area contributed by atoms with Gasteiger partial charge in [0.15, 0.2) is 12.0 Å². The third-order valence-electron chi connectivity index (χ3n) is 6.64. The number of aromatic nitrogens is 2. The predicted molar refractivity (Wildman–Crippen MR) is 146 cm³/mol. The maximum absolute atomic E-state index is 13.8. The molecule has 0 amide bonds. The summed E-state index contributed by atoms with van der Waals surface area (Å²) < 4.78 is 5.84. The van der Waals surface area contributed by atoms with Gasteiger partial charge in [0.25, 0.3) is 0 Å². The summed E-state index contributed by atoms with van der Waals surface area (Å²) in [7, 11) is 1.74. The third kappa shape index (κ3) is 4.74. The summed E-state index contributed by atoms with van der Waals surface area (Å²) in [6, 6.07) is 14.2. The number of carbonyl (C=O) groups excluding carboxylic acids is 2. The Bertz CT molecular complexity index is 1550. The van der Waals surface area contributed by atoms with Crippen LogP contribution in [0, 0.1) is 11.5 Å². The van der Waals surface area contributed by atoms with Crippen molar-refractivity contribution >= 4 is 46.1 Å². The zero-order valence-corrected chi connectivity index (χ0v) is 21.4. The number of ether oxygens (including phenoxy) is 1. The Morgan fingerprint density at radius 1 is 1.24 bits per heavy atom. The number of para-hydroxylation sites is 1. The molecule has 4 aromatic rings. The monoisotopic (exact) mass is 528 g/mol. The molecule has 0 spiro atoms. The molecular weight excluding hydrogens is 504 g/mol. The number of anilines is 2. The lowest BCUT2D eigenvalue weighted by atomic mass is 9.89. The molecule has 1 atom stereocenters. The van der Waals surface area contributed by atoms with E-state index in [2.05, 4.69) is 26.8 Å². The summed E-state index contributed by atoms with van der Waals surface area (Å²) in [4.78, 5) is 35.2. The van der Waals surface area contributed by atoms with Crippen molar-refractivity contribution in [2.75, 3.05) is 30.8 Å². The molecule has 10 heteroatoms. The Morgan fingerprint density at radius 3 is 2.76 bits per heavy atom. The number of halogens is 1. The highest BCUT2D eigenvalue weighted by Gasteiger charge is 2.37. The minimum atomic E-state index is -1.00. The molecule has 3 heterocycles. The Balaban J connectivity index is 1.53. The lowest BCUT2D eigenvalue weighted by molar-refractivity contribution is -0.112. The summed E-state index contributed by atoms with van der Waals surface area (Å²) in [6.45, 7) is 0.817. The second-order valence-electron chi connectivity index (χ2n) is 9.13. The zero-order chi connectivity index (χ0) is 26.7. The first-order valence-electron chi connectivity index (χ1n) is 12.1. The number of rotatable bonds is 8. The number of carbonyl (C=O) groups is 2. The number of piperidine rings is 1. The average molecular weight is 529 g/mol. The Hall–Kier alpha value is -4.55. The lowest BCUT2D eigenvalue weighted by Gasteiger charge is -2.38. The Labute approximate surface area is 224 Å². The van der Waals surface area contributed by atoms with E-state index in [4.69, 9.17) is 16.3 Å². The van der Waals surface area contributed by atoms with Gasteiger partial charge in [-0.15, -0.1) is 0 Å². The number of pyridine rings is 1. The summed E-state index contributed by atoms with van der Waals surface area (Å²) in [5, 5.41) is 16.7. The first kappa shape index (κ1) is 25.1. The van der Waals surface area contributed by atoms with Crippen molar-refractivity contribution in [2.24, 2.45) is 0 Å². The molecule has 2 aromatic heterocycles. The van der Waals surface area contributed by atoms with Crippen molar-refractivity contribution in [3.05, 3.63) is 77.1 Å². The van der Waals surface area contributed by atoms with Gasteiger partial charge in [0.1, 0.15) is 29.0 Å². The first-order valence-corrected chi connectivity index (χ1v) is 12.5. The summed E-state index contributed by atoms with van der Waals surface area (Å²) >= 11 is 6.55. The van der Waals surface area contributed by atoms with Crippen molar-refractivity contribution in [3.8, 4) is 17.7 Å². The molecule has 1 fully saturated rings. The fourth-order valence-corrected chi connectivity index (χ4v) is 5.01. The van der Waals surface area contributed by atoms with Gasteiger partial charge in [-0.1, -0.05) is 29.8 Å². The van der Waals surface area contributed by atoms with Crippen LogP contribution in [0.15, 0.2) is 60.9 Å². The molecule has 0 radical (unpaired) electrons. The summed E-state index contributed by atoms with van der Waals surface area (Å²) in [5.74, 6) is 0.848. The van der Waals surface area contributed by atoms with Crippen molar-refractivity contribution in [3.63, 3.8) is 0 Å². The van der Waals surface area contributed by atoms with Gasteiger partial charge in [-0.3, -0.25) is 4.79 Å². The molecule has 0 saturated carbocycles. The number of nitriles is 1. The van der Waals surface area contributed by atoms with Crippen LogP contribution >= 0.6 is 11.6 Å². The second kappa shape index (κ2) is 10.4. The molecule has 192 valence electrons. The van der Waals surface area contributed by atoms with E-state index in [0.717, 1.165) is 6.29 Å². The van der Waals surface area contributed by atoms with E-state index in [0.29, 0.717) is 64.4 Å². The molecule has 38 heavy (non-hydrogen) atoms. The molecular formula is C28H25ClN6O3. The number of hydrogen-bond acceptors (Lipinski definition) is 8. The van der Waals surface area contributed by atoms with Crippen molar-refractivity contribution in [1.82, 2.24) is 14.9 Å². The number of nitrogens with one attached hydrogen (secondary N) is 3. The van der Waals surface area contributed by atoms with Crippen LogP contribution < -0.4 is 15.4 Å². The highest BCUT2D eigenvalue weighted by atomic mass is 35.5. The smallest absolute Gasteiger partial charge is 0.196 e. The fourth-order valence-electron chi connectivity index (χ4n) is 4.75. The number of aromatic amines is 1. The van der Waals surface area contributed by atoms with E-state index in [-0.39, 0.29) is 17.4 Å². The third-order valence-corrected chi connectivity index (χ3v) is 6.96. The van der Waals surface area contributed by atoms with Crippen LogP contribution in [0.2, 0.25) is 5.02 Å². The fraction of sp³-hybridized carbons (Fsp3) is 0.214. The molecule has 2 aromatic carbocycles. The molecule has 0 bridgehead atoms. The number of fused-ring (bicyclic) bond motifs is 1. The second-order valence-corrected chi connectivity index (χ2v) is 9.54. The summed E-state index contributed by atoms with van der Waals surface area (Å²) in [6.07, 6.45) is 7.42. The van der Waals surface area contributed by atoms with E-state index in [9.17, 15) is 14.9 Å². The number of ketones is 1. The number of aldehydes is 1. The van der Waals surface area contributed by atoms with Crippen molar-refractivity contribution < 1.29 is 14.3 Å². The molecule has 1 aliphatic rings. The predicted octanol–water partition coefficient (Wildman–Crippen LogP) is 5.21. The van der Waals surface area contributed by atoms with E-state index >= 15 is 0 Å². The van der Waals surface area contributed by atoms with Crippen molar-refractivity contribution in [1.29, 1.82) is 5.26 Å². The normalized spacial score (nSPS) is 17.0. The largest absolute Gasteiger partial charge is 0.457 e. The molecule has 0 aliphatic carbocycles. The van der Waals surface area contributed by atoms with Crippen molar-refractivity contribution in [2.45, 2.75) is 18.4 Å². The topological polar surface area (TPSA) is 123 Å².